The number of carbonyl (C=O) groups is 1. The molecule has 0 radical (unpaired) electrons. The first-order valence-electron chi connectivity index (χ1n) is 11.0. The number of halogens is 1. The fraction of sp³-hybridized carbons (Fsp3) is 0.391. The summed E-state index contributed by atoms with van der Waals surface area (Å²) in [4.78, 5) is 16.8. The monoisotopic (exact) mass is 489 g/mol. The molecule has 4 rings (SSSR count). The Morgan fingerprint density at radius 3 is 2.47 bits per heavy atom. The highest BCUT2D eigenvalue weighted by atomic mass is 32.2. The number of benzene rings is 2. The van der Waals surface area contributed by atoms with Crippen molar-refractivity contribution in [1.82, 2.24) is 19.2 Å². The van der Waals surface area contributed by atoms with Gasteiger partial charge in [-0.15, -0.1) is 0 Å². The third-order valence-corrected chi connectivity index (χ3v) is 7.18. The summed E-state index contributed by atoms with van der Waals surface area (Å²) in [5.74, 6) is 1.07. The van der Waals surface area contributed by atoms with Gasteiger partial charge in [-0.2, -0.15) is 0 Å². The van der Waals surface area contributed by atoms with Gasteiger partial charge in [0.1, 0.15) is 23.1 Å². The highest BCUT2D eigenvalue weighted by Crippen LogP contribution is 2.32. The molecule has 34 heavy (non-hydrogen) atoms. The molecule has 2 heterocycles. The van der Waals surface area contributed by atoms with E-state index in [1.165, 1.54) is 22.7 Å². The van der Waals surface area contributed by atoms with Gasteiger partial charge in [0.05, 0.1) is 29.9 Å². The minimum Gasteiger partial charge on any atom is -0.457 e. The second-order valence-corrected chi connectivity index (χ2v) is 10.5. The predicted molar refractivity (Wildman–Crippen MR) is 126 cm³/mol. The number of nitrogens with two attached hydrogens (primary N) is 1. The molecule has 0 unspecified atom stereocenters. The van der Waals surface area contributed by atoms with Crippen LogP contribution in [0.5, 0.6) is 11.5 Å². The molecule has 0 spiro atoms. The average molecular weight is 490 g/mol. The second kappa shape index (κ2) is 9.69. The van der Waals surface area contributed by atoms with Crippen LogP contribution in [-0.2, 0) is 21.4 Å². The van der Waals surface area contributed by atoms with Crippen molar-refractivity contribution in [3.8, 4) is 11.5 Å². The van der Waals surface area contributed by atoms with Crippen LogP contribution in [0.1, 0.15) is 31.6 Å². The molecule has 3 aromatic rings. The Hall–Kier alpha value is -3.02. The van der Waals surface area contributed by atoms with Crippen LogP contribution >= 0.6 is 0 Å². The molecule has 182 valence electrons. The van der Waals surface area contributed by atoms with Crippen LogP contribution in [0.25, 0.3) is 11.0 Å². The molecule has 9 nitrogen and oxygen atoms in total. The Morgan fingerprint density at radius 2 is 1.85 bits per heavy atom. The van der Waals surface area contributed by atoms with Gasteiger partial charge in [0.15, 0.2) is 0 Å². The first kappa shape index (κ1) is 24.1. The Bertz CT molecular complexity index is 1280. The van der Waals surface area contributed by atoms with Gasteiger partial charge in [-0.1, -0.05) is 0 Å². The van der Waals surface area contributed by atoms with Crippen LogP contribution in [0.4, 0.5) is 4.39 Å². The van der Waals surface area contributed by atoms with Crippen LogP contribution in [0.2, 0.25) is 0 Å². The SMILES string of the molecule is C[C@H](N)C(=O)NCc1nc2ccc(Oc3ccc(F)cc3)cc2n1C1CCN(S(C)(=O)=O)CC1. The van der Waals surface area contributed by atoms with Crippen molar-refractivity contribution in [2.24, 2.45) is 5.73 Å². The Balaban J connectivity index is 1.67. The Labute approximate surface area is 197 Å². The molecule has 1 amide bonds. The van der Waals surface area contributed by atoms with E-state index in [1.807, 2.05) is 16.7 Å². The van der Waals surface area contributed by atoms with Crippen molar-refractivity contribution in [2.45, 2.75) is 38.4 Å². The minimum atomic E-state index is -3.26. The van der Waals surface area contributed by atoms with E-state index in [1.54, 1.807) is 25.1 Å². The molecule has 0 aliphatic carbocycles. The van der Waals surface area contributed by atoms with Crippen molar-refractivity contribution in [3.05, 3.63) is 54.1 Å². The fourth-order valence-electron chi connectivity index (χ4n) is 4.12. The molecule has 1 saturated heterocycles. The highest BCUT2D eigenvalue weighted by Gasteiger charge is 2.28. The lowest BCUT2D eigenvalue weighted by atomic mass is 10.1. The summed E-state index contributed by atoms with van der Waals surface area (Å²) in [6, 6.07) is 10.6. The first-order chi connectivity index (χ1) is 16.1. The molecule has 1 aromatic heterocycles. The van der Waals surface area contributed by atoms with E-state index in [4.69, 9.17) is 15.5 Å². The number of sulfonamides is 1. The van der Waals surface area contributed by atoms with Crippen molar-refractivity contribution < 1.29 is 22.3 Å². The number of hydrogen-bond acceptors (Lipinski definition) is 6. The van der Waals surface area contributed by atoms with Crippen LogP contribution in [0, 0.1) is 5.82 Å². The molecule has 0 saturated carbocycles. The maximum absolute atomic E-state index is 13.2. The summed E-state index contributed by atoms with van der Waals surface area (Å²) in [7, 11) is -3.26. The summed E-state index contributed by atoms with van der Waals surface area (Å²) in [6.45, 7) is 2.61. The molecule has 1 aliphatic rings. The maximum atomic E-state index is 13.2. The second-order valence-electron chi connectivity index (χ2n) is 8.50. The quantitative estimate of drug-likeness (QED) is 0.526. The minimum absolute atomic E-state index is 0.00808. The fourth-order valence-corrected chi connectivity index (χ4v) is 4.99. The van der Waals surface area contributed by atoms with Gasteiger partial charge in [-0.3, -0.25) is 4.79 Å². The molecule has 1 fully saturated rings. The lowest BCUT2D eigenvalue weighted by molar-refractivity contribution is -0.122. The molecule has 3 N–H and O–H groups in total. The smallest absolute Gasteiger partial charge is 0.237 e. The van der Waals surface area contributed by atoms with Crippen molar-refractivity contribution in [1.29, 1.82) is 0 Å². The predicted octanol–water partition coefficient (Wildman–Crippen LogP) is 2.53. The van der Waals surface area contributed by atoms with E-state index in [0.29, 0.717) is 43.3 Å². The van der Waals surface area contributed by atoms with Crippen molar-refractivity contribution in [3.63, 3.8) is 0 Å². The number of amides is 1. The topological polar surface area (TPSA) is 120 Å². The maximum Gasteiger partial charge on any atom is 0.237 e. The van der Waals surface area contributed by atoms with Gasteiger partial charge in [0.25, 0.3) is 0 Å². The van der Waals surface area contributed by atoms with Gasteiger partial charge in [-0.25, -0.2) is 22.1 Å². The highest BCUT2D eigenvalue weighted by molar-refractivity contribution is 7.88. The van der Waals surface area contributed by atoms with E-state index in [-0.39, 0.29) is 24.3 Å². The van der Waals surface area contributed by atoms with Crippen molar-refractivity contribution in [2.75, 3.05) is 19.3 Å². The summed E-state index contributed by atoms with van der Waals surface area (Å²) in [6.07, 6.45) is 2.43. The number of fused-ring (bicyclic) bond motifs is 1. The van der Waals surface area contributed by atoms with Crippen LogP contribution in [-0.4, -0.2) is 53.6 Å². The standard InChI is InChI=1S/C23H28FN5O4S/c1-15(25)23(30)26-14-22-27-20-8-7-19(33-18-5-3-16(24)4-6-18)13-21(20)29(22)17-9-11-28(12-10-17)34(2,31)32/h3-8,13,15,17H,9-12,14,25H2,1-2H3,(H,26,30)/t15-/m0/s1. The normalized spacial score (nSPS) is 16.5. The van der Waals surface area contributed by atoms with Gasteiger partial charge < -0.3 is 20.4 Å². The number of nitrogens with zero attached hydrogens (tertiary/aromatic N) is 3. The van der Waals surface area contributed by atoms with Crippen LogP contribution in [0.15, 0.2) is 42.5 Å². The zero-order chi connectivity index (χ0) is 24.5. The van der Waals surface area contributed by atoms with Gasteiger partial charge in [0.2, 0.25) is 15.9 Å². The first-order valence-corrected chi connectivity index (χ1v) is 12.9. The lowest BCUT2D eigenvalue weighted by Crippen LogP contribution is -2.40. The van der Waals surface area contributed by atoms with Crippen LogP contribution in [0.3, 0.4) is 0 Å². The van der Waals surface area contributed by atoms with Crippen LogP contribution < -0.4 is 15.8 Å². The lowest BCUT2D eigenvalue weighted by Gasteiger charge is -2.32. The van der Waals surface area contributed by atoms with Gasteiger partial charge in [-0.05, 0) is 56.2 Å². The van der Waals surface area contributed by atoms with Gasteiger partial charge in [0, 0.05) is 25.2 Å². The Kier molecular flexibility index (Phi) is 6.87. The molecule has 1 aliphatic heterocycles. The summed E-state index contributed by atoms with van der Waals surface area (Å²) in [5, 5.41) is 2.81. The molecule has 2 aromatic carbocycles. The number of ether oxygens (including phenoxy) is 1. The number of carbonyl (C=O) groups excluding carboxylic acids is 1. The number of aromatic nitrogens is 2. The van der Waals surface area contributed by atoms with E-state index >= 15 is 0 Å². The molecule has 1 atom stereocenters. The summed E-state index contributed by atoms with van der Waals surface area (Å²) in [5.41, 5.74) is 7.20. The number of nitrogens with one attached hydrogen (secondary N) is 1. The zero-order valence-electron chi connectivity index (χ0n) is 19.1. The Morgan fingerprint density at radius 1 is 1.21 bits per heavy atom. The summed E-state index contributed by atoms with van der Waals surface area (Å²) >= 11 is 0. The molecule has 11 heteroatoms. The molecule has 0 bridgehead atoms. The number of imidazole rings is 1. The zero-order valence-corrected chi connectivity index (χ0v) is 19.9. The van der Waals surface area contributed by atoms with Gasteiger partial charge >= 0.3 is 0 Å². The average Bonchev–Trinajstić information content (AvgIpc) is 3.16. The van der Waals surface area contributed by atoms with E-state index in [9.17, 15) is 17.6 Å². The third-order valence-electron chi connectivity index (χ3n) is 5.88. The third kappa shape index (κ3) is 5.37. The summed E-state index contributed by atoms with van der Waals surface area (Å²) < 4.78 is 46.6. The van der Waals surface area contributed by atoms with E-state index < -0.39 is 16.1 Å². The van der Waals surface area contributed by atoms with E-state index in [0.717, 1.165) is 11.0 Å². The number of hydrogen-bond donors (Lipinski definition) is 2. The molecular formula is C23H28FN5O4S. The van der Waals surface area contributed by atoms with E-state index in [2.05, 4.69) is 5.32 Å². The molecular weight excluding hydrogens is 461 g/mol. The largest absolute Gasteiger partial charge is 0.457 e. The van der Waals surface area contributed by atoms with Crippen molar-refractivity contribution >= 4 is 27.0 Å². The number of piperidine rings is 1. The number of rotatable bonds is 7.